The molecule has 3 heteroatoms. The van der Waals surface area contributed by atoms with Gasteiger partial charge >= 0.3 is 5.97 Å². The zero-order valence-electron chi connectivity index (χ0n) is 12.8. The predicted molar refractivity (Wildman–Crippen MR) is 86.0 cm³/mol. The Bertz CT molecular complexity index is 679. The maximum absolute atomic E-state index is 10.8. The highest BCUT2D eigenvalue weighted by Crippen LogP contribution is 2.23. The topological polar surface area (TPSA) is 61.1 Å². The Kier molecular flexibility index (Phi) is 4.95. The second kappa shape index (κ2) is 6.91. The summed E-state index contributed by atoms with van der Waals surface area (Å²) in [6.45, 7) is 4.28. The molecule has 0 heterocycles. The van der Waals surface area contributed by atoms with Gasteiger partial charge in [-0.25, -0.2) is 4.79 Å². The van der Waals surface area contributed by atoms with E-state index in [0.717, 1.165) is 11.1 Å². The Morgan fingerprint density at radius 2 is 1.59 bits per heavy atom. The number of rotatable bonds is 5. The lowest BCUT2D eigenvalue weighted by molar-refractivity contribution is 0.0697. The molecule has 112 valence electrons. The molecule has 2 aromatic carbocycles. The smallest absolute Gasteiger partial charge is 0.335 e. The third-order valence-corrected chi connectivity index (χ3v) is 3.80. The first kappa shape index (κ1) is 15.8. The van der Waals surface area contributed by atoms with E-state index in [0.29, 0.717) is 12.3 Å². The number of carboxylic acid groups (broad SMARTS) is 1. The fourth-order valence-corrected chi connectivity index (χ4v) is 2.37. The van der Waals surface area contributed by atoms with Crippen LogP contribution < -0.4 is 0 Å². The van der Waals surface area contributed by atoms with Crippen LogP contribution in [-0.2, 0) is 6.42 Å². The van der Waals surface area contributed by atoms with E-state index in [1.165, 1.54) is 5.56 Å². The van der Waals surface area contributed by atoms with Crippen LogP contribution in [-0.4, -0.2) is 11.1 Å². The monoisotopic (exact) mass is 293 g/mol. The third kappa shape index (κ3) is 3.73. The summed E-state index contributed by atoms with van der Waals surface area (Å²) >= 11 is 0. The minimum Gasteiger partial charge on any atom is -0.478 e. The van der Waals surface area contributed by atoms with Crippen molar-refractivity contribution in [3.05, 3.63) is 70.8 Å². The van der Waals surface area contributed by atoms with Gasteiger partial charge in [-0.3, -0.25) is 0 Å². The zero-order valence-corrected chi connectivity index (χ0v) is 12.8. The van der Waals surface area contributed by atoms with Crippen LogP contribution in [0.3, 0.4) is 0 Å². The number of hydrogen-bond acceptors (Lipinski definition) is 2. The predicted octanol–water partition coefficient (Wildman–Crippen LogP) is 4.36. The van der Waals surface area contributed by atoms with E-state index < -0.39 is 5.97 Å². The summed E-state index contributed by atoms with van der Waals surface area (Å²) in [7, 11) is 0. The van der Waals surface area contributed by atoms with Crippen molar-refractivity contribution in [2.45, 2.75) is 32.1 Å². The van der Waals surface area contributed by atoms with E-state index in [9.17, 15) is 10.1 Å². The highest BCUT2D eigenvalue weighted by atomic mass is 16.4. The van der Waals surface area contributed by atoms with Crippen LogP contribution in [0.4, 0.5) is 0 Å². The van der Waals surface area contributed by atoms with Crippen molar-refractivity contribution in [1.29, 1.82) is 5.26 Å². The molecule has 0 radical (unpaired) electrons. The van der Waals surface area contributed by atoms with Gasteiger partial charge < -0.3 is 5.11 Å². The number of carboxylic acids is 1. The van der Waals surface area contributed by atoms with Crippen LogP contribution in [0.15, 0.2) is 48.5 Å². The van der Waals surface area contributed by atoms with Crippen LogP contribution >= 0.6 is 0 Å². The Morgan fingerprint density at radius 3 is 2.05 bits per heavy atom. The number of nitrogens with zero attached hydrogens (tertiary/aromatic N) is 1. The summed E-state index contributed by atoms with van der Waals surface area (Å²) in [5.41, 5.74) is 3.48. The fourth-order valence-electron chi connectivity index (χ4n) is 2.37. The van der Waals surface area contributed by atoms with Gasteiger partial charge in [-0.2, -0.15) is 5.26 Å². The Labute approximate surface area is 130 Å². The molecule has 0 saturated heterocycles. The lowest BCUT2D eigenvalue weighted by Gasteiger charge is -2.12. The summed E-state index contributed by atoms with van der Waals surface area (Å²) < 4.78 is 0. The van der Waals surface area contributed by atoms with Gasteiger partial charge in [0.25, 0.3) is 0 Å². The van der Waals surface area contributed by atoms with Gasteiger partial charge in [-0.15, -0.1) is 0 Å². The molecule has 0 saturated carbocycles. The summed E-state index contributed by atoms with van der Waals surface area (Å²) in [6, 6.07) is 17.2. The summed E-state index contributed by atoms with van der Waals surface area (Å²) in [6.07, 6.45) is 0.581. The van der Waals surface area contributed by atoms with Crippen molar-refractivity contribution in [1.82, 2.24) is 0 Å². The van der Waals surface area contributed by atoms with Crippen molar-refractivity contribution in [3.8, 4) is 6.07 Å². The molecule has 0 aliphatic carbocycles. The number of benzene rings is 2. The zero-order chi connectivity index (χ0) is 16.1. The van der Waals surface area contributed by atoms with Crippen molar-refractivity contribution in [2.75, 3.05) is 0 Å². The van der Waals surface area contributed by atoms with E-state index in [-0.39, 0.29) is 11.5 Å². The second-order valence-corrected chi connectivity index (χ2v) is 5.71. The van der Waals surface area contributed by atoms with Crippen molar-refractivity contribution >= 4 is 5.97 Å². The van der Waals surface area contributed by atoms with E-state index >= 15 is 0 Å². The van der Waals surface area contributed by atoms with Crippen LogP contribution in [0.5, 0.6) is 0 Å². The Morgan fingerprint density at radius 1 is 1.05 bits per heavy atom. The average Bonchev–Trinajstić information content (AvgIpc) is 2.53. The van der Waals surface area contributed by atoms with E-state index in [2.05, 4.69) is 32.0 Å². The minimum atomic E-state index is -0.937. The van der Waals surface area contributed by atoms with E-state index in [1.54, 1.807) is 24.3 Å². The summed E-state index contributed by atoms with van der Waals surface area (Å²) in [5, 5.41) is 18.3. The van der Waals surface area contributed by atoms with E-state index in [4.69, 9.17) is 5.11 Å². The van der Waals surface area contributed by atoms with Crippen molar-refractivity contribution in [2.24, 2.45) is 0 Å². The molecule has 1 atom stereocenters. The maximum atomic E-state index is 10.8. The fraction of sp³-hybridized carbons (Fsp3) is 0.263. The van der Waals surface area contributed by atoms with Crippen LogP contribution in [0.25, 0.3) is 0 Å². The molecule has 0 spiro atoms. The molecule has 0 aromatic heterocycles. The second-order valence-electron chi connectivity index (χ2n) is 5.71. The highest BCUT2D eigenvalue weighted by Gasteiger charge is 2.12. The van der Waals surface area contributed by atoms with E-state index in [1.807, 2.05) is 12.1 Å². The summed E-state index contributed by atoms with van der Waals surface area (Å²) in [5.74, 6) is -0.692. The number of aromatic carboxylic acids is 1. The van der Waals surface area contributed by atoms with Crippen molar-refractivity contribution in [3.63, 3.8) is 0 Å². The first-order valence-electron chi connectivity index (χ1n) is 7.33. The van der Waals surface area contributed by atoms with Gasteiger partial charge in [0.2, 0.25) is 0 Å². The van der Waals surface area contributed by atoms with Gasteiger partial charge in [0.15, 0.2) is 0 Å². The lowest BCUT2D eigenvalue weighted by Crippen LogP contribution is -2.02. The molecular weight excluding hydrogens is 274 g/mol. The number of nitriles is 1. The minimum absolute atomic E-state index is 0.225. The van der Waals surface area contributed by atoms with Gasteiger partial charge in [0, 0.05) is 0 Å². The molecule has 1 unspecified atom stereocenters. The van der Waals surface area contributed by atoms with Gasteiger partial charge in [0.05, 0.1) is 17.6 Å². The van der Waals surface area contributed by atoms with Gasteiger partial charge in [-0.1, -0.05) is 50.2 Å². The Hall–Kier alpha value is -2.60. The standard InChI is InChI=1S/C19H19NO2/c1-13(2)15-7-9-16(10-8-15)18(12-20)11-14-3-5-17(6-4-14)19(21)22/h3-10,13,18H,11H2,1-2H3,(H,21,22). The molecular formula is C19H19NO2. The first-order valence-corrected chi connectivity index (χ1v) is 7.33. The highest BCUT2D eigenvalue weighted by molar-refractivity contribution is 5.87. The molecule has 22 heavy (non-hydrogen) atoms. The normalized spacial score (nSPS) is 11.9. The third-order valence-electron chi connectivity index (χ3n) is 3.80. The molecule has 0 amide bonds. The molecule has 0 bridgehead atoms. The quantitative estimate of drug-likeness (QED) is 0.891. The molecule has 0 fully saturated rings. The molecule has 2 rings (SSSR count). The molecule has 0 aliphatic heterocycles. The van der Waals surface area contributed by atoms with Gasteiger partial charge in [-0.05, 0) is 41.2 Å². The maximum Gasteiger partial charge on any atom is 0.335 e. The molecule has 3 nitrogen and oxygen atoms in total. The SMILES string of the molecule is CC(C)c1ccc(C(C#N)Cc2ccc(C(=O)O)cc2)cc1. The average molecular weight is 293 g/mol. The van der Waals surface area contributed by atoms with Gasteiger partial charge in [0.1, 0.15) is 0 Å². The molecule has 2 aromatic rings. The molecule has 0 aliphatic rings. The summed E-state index contributed by atoms with van der Waals surface area (Å²) in [4.78, 5) is 10.8. The Balaban J connectivity index is 2.15. The lowest BCUT2D eigenvalue weighted by atomic mass is 9.91. The number of hydrogen-bond donors (Lipinski definition) is 1. The molecule has 1 N–H and O–H groups in total. The first-order chi connectivity index (χ1) is 10.5. The van der Waals surface area contributed by atoms with Crippen LogP contribution in [0.1, 0.15) is 52.7 Å². The number of carbonyl (C=O) groups is 1. The van der Waals surface area contributed by atoms with Crippen LogP contribution in [0.2, 0.25) is 0 Å². The van der Waals surface area contributed by atoms with Crippen molar-refractivity contribution < 1.29 is 9.90 Å². The van der Waals surface area contributed by atoms with Crippen LogP contribution in [0, 0.1) is 11.3 Å². The largest absolute Gasteiger partial charge is 0.478 e.